The second-order valence-corrected chi connectivity index (χ2v) is 18.2. The van der Waals surface area contributed by atoms with Gasteiger partial charge in [0.1, 0.15) is 11.1 Å². The zero-order valence-electron chi connectivity index (χ0n) is 36.3. The van der Waals surface area contributed by atoms with E-state index in [1.165, 1.54) is 7.05 Å². The Morgan fingerprint density at radius 2 is 1.66 bits per heavy atom. The highest BCUT2D eigenvalue weighted by Gasteiger charge is 2.46. The van der Waals surface area contributed by atoms with Crippen LogP contribution in [0.25, 0.3) is 10.9 Å². The zero-order chi connectivity index (χ0) is 45.7. The lowest BCUT2D eigenvalue weighted by molar-refractivity contribution is -0.136. The Morgan fingerprint density at radius 1 is 0.908 bits per heavy atom. The summed E-state index contributed by atoms with van der Waals surface area (Å²) in [5.74, 6) is -1.51. The minimum absolute atomic E-state index is 0.0497. The average Bonchev–Trinajstić information content (AvgIpc) is 3.53. The van der Waals surface area contributed by atoms with Crippen LogP contribution in [0.2, 0.25) is 10.0 Å². The molecule has 20 heteroatoms. The van der Waals surface area contributed by atoms with Crippen molar-refractivity contribution in [2.45, 2.75) is 82.7 Å². The SMILES string of the molecule is CNC(=O)COc1cc2cc(Nc3nc(N4CCC(OC5CC(N6CCN(c7ccc8c(c7Cl)C(=O)N(C7CCC(=O)NC7=O)C8=O)CC6)C5)CC4)ncc3Cl)ccc2n(C(C)C)c1=O. The summed E-state index contributed by atoms with van der Waals surface area (Å²) in [7, 11) is 1.51. The van der Waals surface area contributed by atoms with Crippen LogP contribution in [-0.2, 0) is 19.1 Å². The molecule has 1 atom stereocenters. The van der Waals surface area contributed by atoms with Crippen LogP contribution in [0.1, 0.15) is 79.1 Å². The fourth-order valence-electron chi connectivity index (χ4n) is 9.45. The van der Waals surface area contributed by atoms with Gasteiger partial charge in [-0.25, -0.2) is 4.98 Å². The van der Waals surface area contributed by atoms with Gasteiger partial charge in [-0.05, 0) is 82.3 Å². The van der Waals surface area contributed by atoms with Gasteiger partial charge in [0.2, 0.25) is 17.8 Å². The van der Waals surface area contributed by atoms with E-state index in [4.69, 9.17) is 37.7 Å². The number of amides is 5. The Balaban J connectivity index is 0.752. The molecule has 18 nitrogen and oxygen atoms in total. The molecule has 1 aliphatic carbocycles. The molecule has 4 aliphatic heterocycles. The minimum atomic E-state index is -1.05. The summed E-state index contributed by atoms with van der Waals surface area (Å²) >= 11 is 13.4. The van der Waals surface area contributed by atoms with Crippen molar-refractivity contribution in [2.24, 2.45) is 0 Å². The smallest absolute Gasteiger partial charge is 0.293 e. The third-order valence-corrected chi connectivity index (χ3v) is 13.7. The van der Waals surface area contributed by atoms with Crippen LogP contribution in [-0.4, -0.2) is 131 Å². The molecule has 4 fully saturated rings. The fraction of sp³-hybridized carbons (Fsp3) is 0.467. The number of piperazine rings is 1. The van der Waals surface area contributed by atoms with Crippen molar-refractivity contribution in [3.63, 3.8) is 0 Å². The predicted molar refractivity (Wildman–Crippen MR) is 244 cm³/mol. The molecule has 342 valence electrons. The number of rotatable bonds is 12. The molecule has 0 radical (unpaired) electrons. The molecule has 1 unspecified atom stereocenters. The Bertz CT molecular complexity index is 2640. The van der Waals surface area contributed by atoms with Crippen LogP contribution in [0.15, 0.2) is 47.4 Å². The molecule has 3 saturated heterocycles. The Morgan fingerprint density at radius 3 is 2.37 bits per heavy atom. The first kappa shape index (κ1) is 44.4. The highest BCUT2D eigenvalue weighted by Crippen LogP contribution is 2.40. The molecule has 0 spiro atoms. The first-order valence-electron chi connectivity index (χ1n) is 22.0. The lowest BCUT2D eigenvalue weighted by atomic mass is 9.87. The molecule has 4 aromatic rings. The number of hydrogen-bond donors (Lipinski definition) is 3. The molecule has 1 saturated carbocycles. The van der Waals surface area contributed by atoms with Gasteiger partial charge in [-0.15, -0.1) is 0 Å². The molecule has 5 aliphatic rings. The first-order chi connectivity index (χ1) is 31.3. The molecular weight excluding hydrogens is 879 g/mol. The number of hydrogen-bond acceptors (Lipinski definition) is 14. The maximum Gasteiger partial charge on any atom is 0.293 e. The van der Waals surface area contributed by atoms with Gasteiger partial charge in [0.15, 0.2) is 18.2 Å². The van der Waals surface area contributed by atoms with Crippen LogP contribution in [0.3, 0.4) is 0 Å². The van der Waals surface area contributed by atoms with Gasteiger partial charge in [-0.2, -0.15) is 4.98 Å². The van der Waals surface area contributed by atoms with Gasteiger partial charge in [0, 0.05) is 75.9 Å². The third kappa shape index (κ3) is 8.71. The molecule has 2 aromatic carbocycles. The third-order valence-electron chi connectivity index (χ3n) is 13.0. The molecule has 0 bridgehead atoms. The number of nitrogens with one attached hydrogen (secondary N) is 3. The Hall–Kier alpha value is -5.82. The summed E-state index contributed by atoms with van der Waals surface area (Å²) in [6.07, 6.45) is 5.63. The van der Waals surface area contributed by atoms with Crippen molar-refractivity contribution in [1.82, 2.24) is 35.0 Å². The van der Waals surface area contributed by atoms with E-state index < -0.39 is 29.7 Å². The normalized spacial score (nSPS) is 21.8. The number of piperidine rings is 2. The van der Waals surface area contributed by atoms with Crippen LogP contribution in [0.5, 0.6) is 5.75 Å². The van der Waals surface area contributed by atoms with Gasteiger partial charge >= 0.3 is 0 Å². The van der Waals surface area contributed by atoms with Gasteiger partial charge in [-0.3, -0.25) is 43.9 Å². The summed E-state index contributed by atoms with van der Waals surface area (Å²) in [5, 5.41) is 9.35. The number of imide groups is 2. The van der Waals surface area contributed by atoms with Crippen LogP contribution in [0.4, 0.5) is 23.1 Å². The van der Waals surface area contributed by atoms with E-state index >= 15 is 0 Å². The summed E-state index contributed by atoms with van der Waals surface area (Å²) in [4.78, 5) is 93.0. The van der Waals surface area contributed by atoms with Crippen molar-refractivity contribution in [3.8, 4) is 5.75 Å². The number of benzene rings is 2. The summed E-state index contributed by atoms with van der Waals surface area (Å²) in [6, 6.07) is 9.85. The highest BCUT2D eigenvalue weighted by molar-refractivity contribution is 6.40. The maximum atomic E-state index is 13.5. The lowest BCUT2D eigenvalue weighted by Crippen LogP contribution is -2.56. The molecule has 5 amide bonds. The number of likely N-dealkylation sites (N-methyl/N-ethyl adjacent to an activating group) is 1. The number of anilines is 4. The summed E-state index contributed by atoms with van der Waals surface area (Å²) in [6.45, 7) is 8.03. The molecular formula is C45H50Cl2N10O8. The van der Waals surface area contributed by atoms with Crippen molar-refractivity contribution in [3.05, 3.63) is 74.1 Å². The summed E-state index contributed by atoms with van der Waals surface area (Å²) in [5.41, 5.74) is 2.06. The number of nitrogens with zero attached hydrogens (tertiary/aromatic N) is 7. The average molecular weight is 930 g/mol. The van der Waals surface area contributed by atoms with Crippen LogP contribution >= 0.6 is 23.2 Å². The number of ether oxygens (including phenoxy) is 2. The molecule has 2 aromatic heterocycles. The number of halogens is 2. The minimum Gasteiger partial charge on any atom is -0.478 e. The van der Waals surface area contributed by atoms with Crippen LogP contribution < -0.4 is 36.0 Å². The van der Waals surface area contributed by atoms with Gasteiger partial charge < -0.3 is 34.5 Å². The number of aromatic nitrogens is 3. The number of fused-ring (bicyclic) bond motifs is 2. The van der Waals surface area contributed by atoms with Crippen molar-refractivity contribution >= 4 is 86.8 Å². The Kier molecular flexibility index (Phi) is 12.4. The van der Waals surface area contributed by atoms with E-state index in [2.05, 4.69) is 35.6 Å². The van der Waals surface area contributed by atoms with E-state index in [1.54, 1.807) is 29.0 Å². The highest BCUT2D eigenvalue weighted by atomic mass is 35.5. The van der Waals surface area contributed by atoms with Crippen molar-refractivity contribution < 1.29 is 33.4 Å². The molecule has 9 rings (SSSR count). The lowest BCUT2D eigenvalue weighted by Gasteiger charge is -2.47. The monoisotopic (exact) mass is 928 g/mol. The Labute approximate surface area is 384 Å². The number of carbonyl (C=O) groups is 5. The number of carbonyl (C=O) groups excluding carboxylic acids is 5. The second kappa shape index (κ2) is 18.2. The standard InChI is InChI=1S/C45H50Cl2N10O8/c1-24(2)56-32-6-4-26(18-25(32)19-35(43(56)62)64-23-37(59)48-3)50-40-31(46)22-49-45(52-40)55-12-10-28(11-13-55)65-29-20-27(21-29)53-14-16-54(17-15-53)33-7-5-30-38(39(33)47)44(63)57(42(30)61)34-8-9-36(58)51-41(34)60/h4-7,18-19,22,24,27-29,34H,8-17,20-21,23H2,1-3H3,(H,48,59)(H,49,50,52)(H,51,58,60). The molecule has 65 heavy (non-hydrogen) atoms. The largest absolute Gasteiger partial charge is 0.478 e. The van der Waals surface area contributed by atoms with E-state index in [0.717, 1.165) is 67.7 Å². The van der Waals surface area contributed by atoms with Gasteiger partial charge in [0.05, 0.1) is 45.8 Å². The van der Waals surface area contributed by atoms with Crippen molar-refractivity contribution in [1.29, 1.82) is 0 Å². The predicted octanol–water partition coefficient (Wildman–Crippen LogP) is 4.29. The number of pyridine rings is 1. The van der Waals surface area contributed by atoms with Gasteiger partial charge in [0.25, 0.3) is 23.3 Å². The van der Waals surface area contributed by atoms with E-state index in [1.807, 2.05) is 32.0 Å². The van der Waals surface area contributed by atoms with Crippen molar-refractivity contribution in [2.75, 3.05) is 68.0 Å². The van der Waals surface area contributed by atoms with E-state index in [9.17, 15) is 28.8 Å². The van der Waals surface area contributed by atoms with Gasteiger partial charge in [-0.1, -0.05) is 23.2 Å². The van der Waals surface area contributed by atoms with E-state index in [-0.39, 0.29) is 71.1 Å². The van der Waals surface area contributed by atoms with Crippen LogP contribution in [0, 0.1) is 0 Å². The topological polar surface area (TPSA) is 201 Å². The summed E-state index contributed by atoms with van der Waals surface area (Å²) < 4.78 is 13.8. The zero-order valence-corrected chi connectivity index (χ0v) is 37.8. The second-order valence-electron chi connectivity index (χ2n) is 17.4. The quantitative estimate of drug-likeness (QED) is 0.170. The fourth-order valence-corrected chi connectivity index (χ4v) is 9.96. The van der Waals surface area contributed by atoms with E-state index in [0.29, 0.717) is 47.3 Å². The molecule has 6 heterocycles. The maximum absolute atomic E-state index is 13.5. The first-order valence-corrected chi connectivity index (χ1v) is 22.8. The molecule has 3 N–H and O–H groups in total.